The highest BCUT2D eigenvalue weighted by atomic mass is 32.2. The summed E-state index contributed by atoms with van der Waals surface area (Å²) in [5, 5.41) is 17.6. The summed E-state index contributed by atoms with van der Waals surface area (Å²) in [5.41, 5.74) is 1.04. The van der Waals surface area contributed by atoms with Crippen LogP contribution in [0.2, 0.25) is 0 Å². The van der Waals surface area contributed by atoms with Gasteiger partial charge in [-0.1, -0.05) is 36.9 Å². The van der Waals surface area contributed by atoms with E-state index in [4.69, 9.17) is 4.74 Å². The average molecular weight is 386 g/mol. The molecule has 138 valence electrons. The van der Waals surface area contributed by atoms with Crippen molar-refractivity contribution < 1.29 is 14.3 Å². The molecule has 0 aliphatic carbocycles. The molecule has 1 atom stereocenters. The third-order valence-electron chi connectivity index (χ3n) is 3.42. The number of aromatic nitrogens is 2. The third-order valence-corrected chi connectivity index (χ3v) is 5.46. The summed E-state index contributed by atoms with van der Waals surface area (Å²) in [6, 6.07) is -0.655. The van der Waals surface area contributed by atoms with E-state index in [1.807, 2.05) is 6.92 Å². The minimum absolute atomic E-state index is 0.288. The number of nitrogens with zero attached hydrogens (tertiary/aromatic N) is 2. The van der Waals surface area contributed by atoms with Crippen molar-refractivity contribution in [1.82, 2.24) is 20.8 Å². The molecule has 0 saturated carbocycles. The average Bonchev–Trinajstić information content (AvgIpc) is 3.05. The second-order valence-electron chi connectivity index (χ2n) is 5.26. The quantitative estimate of drug-likeness (QED) is 0.443. The number of carbonyl (C=O) groups is 2. The van der Waals surface area contributed by atoms with Gasteiger partial charge in [-0.05, 0) is 19.8 Å². The molecule has 0 fully saturated rings. The number of hydrogen-bond donors (Lipinski definition) is 3. The molecule has 1 aromatic rings. The summed E-state index contributed by atoms with van der Waals surface area (Å²) < 4.78 is 5.92. The lowest BCUT2D eigenvalue weighted by molar-refractivity contribution is -0.139. The first-order chi connectivity index (χ1) is 12.1. The summed E-state index contributed by atoms with van der Waals surface area (Å²) in [6.45, 7) is 6.88. The fraction of sp³-hybridized carbons (Fsp3) is 0.600. The molecule has 0 spiro atoms. The summed E-state index contributed by atoms with van der Waals surface area (Å²) in [7, 11) is 0. The molecule has 0 saturated heterocycles. The molecule has 0 unspecified atom stereocenters. The second-order valence-corrected chi connectivity index (χ2v) is 7.46. The molecule has 3 N–H and O–H groups in total. The Morgan fingerprint density at radius 3 is 2.84 bits per heavy atom. The minimum Gasteiger partial charge on any atom is -0.463 e. The molecule has 1 aliphatic heterocycles. The van der Waals surface area contributed by atoms with Gasteiger partial charge in [0.1, 0.15) is 0 Å². The highest BCUT2D eigenvalue weighted by Gasteiger charge is 2.31. The van der Waals surface area contributed by atoms with Gasteiger partial charge in [0.25, 0.3) is 0 Å². The Morgan fingerprint density at radius 2 is 2.16 bits per heavy atom. The van der Waals surface area contributed by atoms with Crippen molar-refractivity contribution in [2.75, 3.05) is 24.2 Å². The highest BCUT2D eigenvalue weighted by Crippen LogP contribution is 2.28. The van der Waals surface area contributed by atoms with Gasteiger partial charge in [0, 0.05) is 18.0 Å². The first-order valence-electron chi connectivity index (χ1n) is 8.26. The van der Waals surface area contributed by atoms with E-state index in [0.29, 0.717) is 23.4 Å². The van der Waals surface area contributed by atoms with Crippen molar-refractivity contribution in [2.24, 2.45) is 0 Å². The van der Waals surface area contributed by atoms with E-state index in [1.165, 1.54) is 23.1 Å². The number of anilines is 1. The predicted octanol–water partition coefficient (Wildman–Crippen LogP) is 2.36. The van der Waals surface area contributed by atoms with Crippen LogP contribution in [-0.2, 0) is 9.53 Å². The number of nitrogens with one attached hydrogen (secondary N) is 3. The lowest BCUT2D eigenvalue weighted by Crippen LogP contribution is -2.50. The van der Waals surface area contributed by atoms with Gasteiger partial charge < -0.3 is 20.7 Å². The molecule has 2 heterocycles. The van der Waals surface area contributed by atoms with Crippen LogP contribution in [0.25, 0.3) is 0 Å². The number of amides is 2. The van der Waals surface area contributed by atoms with Crippen LogP contribution >= 0.6 is 23.1 Å². The van der Waals surface area contributed by atoms with Crippen LogP contribution in [0.15, 0.2) is 15.6 Å². The van der Waals surface area contributed by atoms with Crippen molar-refractivity contribution in [3.05, 3.63) is 11.3 Å². The van der Waals surface area contributed by atoms with Gasteiger partial charge >= 0.3 is 12.0 Å². The van der Waals surface area contributed by atoms with Gasteiger partial charge in [-0.3, -0.25) is 0 Å². The predicted molar refractivity (Wildman–Crippen MR) is 98.8 cm³/mol. The largest absolute Gasteiger partial charge is 0.463 e. The summed E-state index contributed by atoms with van der Waals surface area (Å²) in [6.07, 6.45) is 1.62. The Labute approximate surface area is 155 Å². The Bertz CT molecular complexity index is 647. The Hall–Kier alpha value is -1.81. The number of thioether (sulfide) groups is 1. The molecule has 0 bridgehead atoms. The lowest BCUT2D eigenvalue weighted by atomic mass is 10.0. The van der Waals surface area contributed by atoms with Crippen LogP contribution in [0.4, 0.5) is 9.93 Å². The SMILES string of the molecule is CCCNc1nnc(SCC2=C(C(=O)OCC)[C@H](CC)NC(=O)N2)s1. The van der Waals surface area contributed by atoms with E-state index >= 15 is 0 Å². The molecule has 0 radical (unpaired) electrons. The van der Waals surface area contributed by atoms with Gasteiger partial charge in [-0.2, -0.15) is 0 Å². The van der Waals surface area contributed by atoms with E-state index in [0.717, 1.165) is 22.4 Å². The number of urea groups is 1. The van der Waals surface area contributed by atoms with Gasteiger partial charge in [0.15, 0.2) is 4.34 Å². The standard InChI is InChI=1S/C15H23N5O3S2/c1-4-7-16-14-19-20-15(25-14)24-8-10-11(12(21)23-6-3)9(5-2)17-13(22)18-10/h9H,4-8H2,1-3H3,(H,16,19)(H2,17,18,22)/t9-/m0/s1. The maximum absolute atomic E-state index is 12.3. The fourth-order valence-electron chi connectivity index (χ4n) is 2.28. The zero-order valence-corrected chi connectivity index (χ0v) is 16.2. The third kappa shape index (κ3) is 5.33. The molecule has 2 amide bonds. The number of esters is 1. The Morgan fingerprint density at radius 1 is 1.36 bits per heavy atom. The zero-order valence-electron chi connectivity index (χ0n) is 14.5. The van der Waals surface area contributed by atoms with Gasteiger partial charge in [0.2, 0.25) is 5.13 Å². The molecular formula is C15H23N5O3S2. The first-order valence-corrected chi connectivity index (χ1v) is 10.1. The van der Waals surface area contributed by atoms with Gasteiger partial charge in [-0.15, -0.1) is 10.2 Å². The van der Waals surface area contributed by atoms with E-state index in [1.54, 1.807) is 6.92 Å². The van der Waals surface area contributed by atoms with Gasteiger partial charge in [0.05, 0.1) is 18.2 Å². The summed E-state index contributed by atoms with van der Waals surface area (Å²) in [5.74, 6) is 0.0144. The van der Waals surface area contributed by atoms with E-state index in [9.17, 15) is 9.59 Å². The van der Waals surface area contributed by atoms with E-state index in [2.05, 4.69) is 33.1 Å². The van der Waals surface area contributed by atoms with Crippen LogP contribution < -0.4 is 16.0 Å². The first kappa shape index (κ1) is 19.5. The normalized spacial score (nSPS) is 17.1. The molecular weight excluding hydrogens is 362 g/mol. The van der Waals surface area contributed by atoms with Crippen LogP contribution in [0.1, 0.15) is 33.6 Å². The smallest absolute Gasteiger partial charge is 0.337 e. The molecule has 8 nitrogen and oxygen atoms in total. The van der Waals surface area contributed by atoms with E-state index < -0.39 is 5.97 Å². The summed E-state index contributed by atoms with van der Waals surface area (Å²) in [4.78, 5) is 24.2. The second kappa shape index (κ2) is 9.62. The van der Waals surface area contributed by atoms with Crippen LogP contribution in [0, 0.1) is 0 Å². The zero-order chi connectivity index (χ0) is 18.2. The maximum Gasteiger partial charge on any atom is 0.337 e. The molecule has 1 aromatic heterocycles. The molecule has 0 aromatic carbocycles. The summed E-state index contributed by atoms with van der Waals surface area (Å²) >= 11 is 2.88. The van der Waals surface area contributed by atoms with Crippen molar-refractivity contribution >= 4 is 40.2 Å². The fourth-order valence-corrected chi connectivity index (χ4v) is 4.03. The van der Waals surface area contributed by atoms with Crippen molar-refractivity contribution in [2.45, 2.75) is 44.0 Å². The number of ether oxygens (including phenoxy) is 1. The van der Waals surface area contributed by atoms with Crippen LogP contribution in [-0.4, -0.2) is 47.1 Å². The number of rotatable bonds is 9. The maximum atomic E-state index is 12.3. The van der Waals surface area contributed by atoms with Crippen molar-refractivity contribution in [3.8, 4) is 0 Å². The molecule has 2 rings (SSSR count). The minimum atomic E-state index is -0.403. The monoisotopic (exact) mass is 385 g/mol. The van der Waals surface area contributed by atoms with Crippen LogP contribution in [0.3, 0.4) is 0 Å². The Kier molecular flexibility index (Phi) is 7.51. The molecule has 10 heteroatoms. The van der Waals surface area contributed by atoms with E-state index in [-0.39, 0.29) is 18.7 Å². The molecule has 1 aliphatic rings. The van der Waals surface area contributed by atoms with Crippen LogP contribution in [0.5, 0.6) is 0 Å². The number of hydrogen-bond acceptors (Lipinski definition) is 8. The molecule has 25 heavy (non-hydrogen) atoms. The van der Waals surface area contributed by atoms with Gasteiger partial charge in [-0.25, -0.2) is 9.59 Å². The van der Waals surface area contributed by atoms with Crippen molar-refractivity contribution in [1.29, 1.82) is 0 Å². The topological polar surface area (TPSA) is 105 Å². The van der Waals surface area contributed by atoms with Crippen molar-refractivity contribution in [3.63, 3.8) is 0 Å². The lowest BCUT2D eigenvalue weighted by Gasteiger charge is -2.28. The number of carbonyl (C=O) groups excluding carboxylic acids is 2. The Balaban J connectivity index is 2.12. The highest BCUT2D eigenvalue weighted by molar-refractivity contribution is 8.01.